The molecule has 2 aromatic rings. The Morgan fingerprint density at radius 2 is 1.86 bits per heavy atom. The summed E-state index contributed by atoms with van der Waals surface area (Å²) in [6, 6.07) is 5.76. The fraction of sp³-hybridized carbons (Fsp3) is 0.595. The minimum atomic E-state index is -3.92. The van der Waals surface area contributed by atoms with Crippen LogP contribution < -0.4 is 19.5 Å². The van der Waals surface area contributed by atoms with Gasteiger partial charge in [0.25, 0.3) is 5.91 Å². The highest BCUT2D eigenvalue weighted by molar-refractivity contribution is 7.91. The van der Waals surface area contributed by atoms with Crippen LogP contribution in [0.15, 0.2) is 54.1 Å². The molecule has 7 unspecified atom stereocenters. The fourth-order valence-corrected chi connectivity index (χ4v) is 9.99. The van der Waals surface area contributed by atoms with Crippen molar-refractivity contribution in [2.75, 3.05) is 13.7 Å². The summed E-state index contributed by atoms with van der Waals surface area (Å²) in [6.45, 7) is 9.54. The first-order chi connectivity index (χ1) is 26.8. The molecule has 14 heteroatoms. The van der Waals surface area contributed by atoms with Gasteiger partial charge in [0.15, 0.2) is 5.90 Å². The van der Waals surface area contributed by atoms with Crippen LogP contribution in [0, 0.1) is 17.8 Å². The van der Waals surface area contributed by atoms with E-state index in [0.29, 0.717) is 42.6 Å². The molecule has 1 aromatic carbocycles. The lowest BCUT2D eigenvalue weighted by molar-refractivity contribution is -0.142. The number of pyridine rings is 1. The molecule has 5 aliphatic rings. The molecule has 2 aliphatic heterocycles. The van der Waals surface area contributed by atoms with E-state index in [1.54, 1.807) is 20.1 Å². The lowest BCUT2D eigenvalue weighted by Crippen LogP contribution is -2.67. The second-order valence-electron chi connectivity index (χ2n) is 16.4. The highest BCUT2D eigenvalue weighted by Gasteiger charge is 2.53. The number of hydrogen-bond donors (Lipinski definition) is 2. The molecule has 3 heterocycles. The van der Waals surface area contributed by atoms with Crippen LogP contribution in [0.1, 0.15) is 90.7 Å². The van der Waals surface area contributed by atoms with Crippen molar-refractivity contribution in [2.45, 2.75) is 126 Å². The van der Waals surface area contributed by atoms with Crippen molar-refractivity contribution >= 4 is 44.5 Å². The Kier molecular flexibility index (Phi) is 11.5. The standard InChI is InChI=1S/C42H55N5O8S/c1-6-29-19-20-42(29,41(50)46-56(51,52)32-16-17-32)45-39(48)35-23-31-24-47(35)40(49)38(25(2)3)43-26(4)54-36-14-10-12-27(36)11-8-7-9-13-34-37(55-31)22-28-21-30(53-5)15-18-33(28)44-34/h6,15,18-22,25,27,29,31-32,35-36,38H,1,7-14,16-17,23-24H2,2-5H3,(H,45,48)(H,46,50). The summed E-state index contributed by atoms with van der Waals surface area (Å²) in [5.74, 6) is -0.608. The zero-order chi connectivity index (χ0) is 39.8. The summed E-state index contributed by atoms with van der Waals surface area (Å²) in [7, 11) is -2.30. The van der Waals surface area contributed by atoms with Crippen molar-refractivity contribution in [3.63, 3.8) is 0 Å². The number of methoxy groups -OCH3 is 1. The first-order valence-electron chi connectivity index (χ1n) is 20.2. The van der Waals surface area contributed by atoms with E-state index < -0.39 is 56.7 Å². The molecule has 3 fully saturated rings. The van der Waals surface area contributed by atoms with Crippen LogP contribution in [-0.2, 0) is 35.6 Å². The number of carbonyl (C=O) groups is 3. The summed E-state index contributed by atoms with van der Waals surface area (Å²) in [4.78, 5) is 54.4. The largest absolute Gasteiger partial charge is 0.497 e. The number of carbonyl (C=O) groups excluding carboxylic acids is 3. The summed E-state index contributed by atoms with van der Waals surface area (Å²) in [6.07, 6.45) is 13.0. The number of aryl methyl sites for hydroxylation is 1. The predicted molar refractivity (Wildman–Crippen MR) is 213 cm³/mol. The monoisotopic (exact) mass is 789 g/mol. The van der Waals surface area contributed by atoms with Crippen LogP contribution in [0.3, 0.4) is 0 Å². The van der Waals surface area contributed by atoms with Crippen molar-refractivity contribution in [1.82, 2.24) is 19.9 Å². The van der Waals surface area contributed by atoms with Gasteiger partial charge in [0, 0.05) is 24.6 Å². The minimum absolute atomic E-state index is 0.0359. The average Bonchev–Trinajstić information content (AvgIpc) is 3.81. The number of nitrogens with zero attached hydrogens (tertiary/aromatic N) is 3. The molecule has 302 valence electrons. The lowest BCUT2D eigenvalue weighted by atomic mass is 9.73. The maximum absolute atomic E-state index is 14.7. The minimum Gasteiger partial charge on any atom is -0.497 e. The summed E-state index contributed by atoms with van der Waals surface area (Å²) in [5, 5.41) is 3.06. The number of aliphatic imine (C=N–C) groups is 1. The molecule has 56 heavy (non-hydrogen) atoms. The van der Waals surface area contributed by atoms with Crippen LogP contribution in [0.25, 0.3) is 10.9 Å². The first-order valence-corrected chi connectivity index (χ1v) is 21.7. The van der Waals surface area contributed by atoms with Gasteiger partial charge in [0.05, 0.1) is 30.1 Å². The van der Waals surface area contributed by atoms with E-state index in [1.165, 1.54) is 17.1 Å². The van der Waals surface area contributed by atoms with Gasteiger partial charge < -0.3 is 24.4 Å². The average molecular weight is 790 g/mol. The molecule has 1 aromatic heterocycles. The van der Waals surface area contributed by atoms with Gasteiger partial charge in [-0.3, -0.25) is 19.1 Å². The van der Waals surface area contributed by atoms with Gasteiger partial charge in [-0.25, -0.2) is 18.4 Å². The Hall–Kier alpha value is -4.46. The van der Waals surface area contributed by atoms with Crippen molar-refractivity contribution < 1.29 is 37.0 Å². The molecule has 3 aliphatic carbocycles. The smallest absolute Gasteiger partial charge is 0.264 e. The molecule has 0 spiro atoms. The fourth-order valence-electron chi connectivity index (χ4n) is 8.64. The molecule has 2 saturated carbocycles. The molecular formula is C42H55N5O8S. The highest BCUT2D eigenvalue weighted by Crippen LogP contribution is 2.37. The number of hydrogen-bond acceptors (Lipinski definition) is 10. The summed E-state index contributed by atoms with van der Waals surface area (Å²) in [5.41, 5.74) is -0.0854. The van der Waals surface area contributed by atoms with Gasteiger partial charge in [-0.1, -0.05) is 44.9 Å². The Morgan fingerprint density at radius 1 is 1.07 bits per heavy atom. The van der Waals surface area contributed by atoms with Gasteiger partial charge in [-0.2, -0.15) is 0 Å². The maximum atomic E-state index is 14.7. The van der Waals surface area contributed by atoms with E-state index in [0.717, 1.165) is 61.5 Å². The summed E-state index contributed by atoms with van der Waals surface area (Å²) < 4.78 is 46.6. The van der Waals surface area contributed by atoms with Crippen LogP contribution in [0.2, 0.25) is 0 Å². The number of sulfonamides is 1. The third kappa shape index (κ3) is 8.17. The van der Waals surface area contributed by atoms with E-state index in [2.05, 4.69) is 16.6 Å². The molecule has 2 bridgehead atoms. The quantitative estimate of drug-likeness (QED) is 0.343. The van der Waals surface area contributed by atoms with Gasteiger partial charge in [-0.05, 0) is 87.5 Å². The highest BCUT2D eigenvalue weighted by atomic mass is 32.2. The van der Waals surface area contributed by atoms with Crippen molar-refractivity contribution in [3.8, 4) is 11.5 Å². The van der Waals surface area contributed by atoms with E-state index in [4.69, 9.17) is 24.2 Å². The SMILES string of the molecule is C=CC1C=CC1(NC(=O)C1CC2CN1C(=O)C(C(C)C)N=C(C)OC1CCCC1CCCCCc1nc3ccc(OC)cc3cc1O2)C(=O)NS(=O)(=O)C1CC1. The Labute approximate surface area is 329 Å². The van der Waals surface area contributed by atoms with Gasteiger partial charge in [0.1, 0.15) is 41.3 Å². The molecule has 1 saturated heterocycles. The third-order valence-corrected chi connectivity index (χ3v) is 13.9. The van der Waals surface area contributed by atoms with Crippen LogP contribution >= 0.6 is 0 Å². The Morgan fingerprint density at radius 3 is 2.55 bits per heavy atom. The van der Waals surface area contributed by atoms with Crippen LogP contribution in [0.4, 0.5) is 0 Å². The molecular weight excluding hydrogens is 735 g/mol. The van der Waals surface area contributed by atoms with E-state index in [1.807, 2.05) is 38.1 Å². The Balaban J connectivity index is 1.24. The molecule has 2 N–H and O–H groups in total. The predicted octanol–water partition coefficient (Wildman–Crippen LogP) is 5.17. The molecule has 13 nitrogen and oxygen atoms in total. The Bertz CT molecular complexity index is 2030. The van der Waals surface area contributed by atoms with E-state index in [9.17, 15) is 22.8 Å². The molecule has 7 rings (SSSR count). The van der Waals surface area contributed by atoms with Gasteiger partial charge >= 0.3 is 0 Å². The van der Waals surface area contributed by atoms with Crippen LogP contribution in [0.5, 0.6) is 11.5 Å². The van der Waals surface area contributed by atoms with E-state index >= 15 is 0 Å². The summed E-state index contributed by atoms with van der Waals surface area (Å²) >= 11 is 0. The van der Waals surface area contributed by atoms with Gasteiger partial charge in [-0.15, -0.1) is 6.58 Å². The van der Waals surface area contributed by atoms with Crippen molar-refractivity contribution in [3.05, 3.63) is 54.8 Å². The van der Waals surface area contributed by atoms with Gasteiger partial charge in [0.2, 0.25) is 21.8 Å². The van der Waals surface area contributed by atoms with E-state index in [-0.39, 0.29) is 30.9 Å². The molecule has 3 amide bonds. The third-order valence-electron chi connectivity index (χ3n) is 12.1. The number of aromatic nitrogens is 1. The van der Waals surface area contributed by atoms with Crippen molar-refractivity contribution in [1.29, 1.82) is 0 Å². The normalized spacial score (nSPS) is 29.8. The number of nitrogens with one attached hydrogen (secondary N) is 2. The zero-order valence-corrected chi connectivity index (χ0v) is 33.7. The number of fused-ring (bicyclic) bond motifs is 5. The number of amides is 3. The molecule has 7 atom stereocenters. The second kappa shape index (κ2) is 16.2. The zero-order valence-electron chi connectivity index (χ0n) is 32.9. The first kappa shape index (κ1) is 39.8. The second-order valence-corrected chi connectivity index (χ2v) is 18.4. The van der Waals surface area contributed by atoms with Crippen molar-refractivity contribution in [2.24, 2.45) is 22.7 Å². The topological polar surface area (TPSA) is 166 Å². The van der Waals surface area contributed by atoms with Crippen LogP contribution in [-0.4, -0.2) is 90.7 Å². The number of benzene rings is 1. The molecule has 0 radical (unpaired) electrons. The number of rotatable bonds is 8. The number of ether oxygens (including phenoxy) is 3. The lowest BCUT2D eigenvalue weighted by Gasteiger charge is -2.42. The maximum Gasteiger partial charge on any atom is 0.264 e.